The maximum atomic E-state index is 4.72. The molecule has 0 fully saturated rings. The predicted molar refractivity (Wildman–Crippen MR) is 94.6 cm³/mol. The van der Waals surface area contributed by atoms with Gasteiger partial charge in [0.15, 0.2) is 5.82 Å². The smallest absolute Gasteiger partial charge is 0.186 e. The van der Waals surface area contributed by atoms with E-state index in [-0.39, 0.29) is 4.75 Å². The second kappa shape index (κ2) is 5.66. The Morgan fingerprint density at radius 1 is 1.09 bits per heavy atom. The Hall–Kier alpha value is -1.40. The third kappa shape index (κ3) is 3.33. The standard InChI is InChI=1S/C16H20N4S2/c1-10-6-11(2)8-12(7-10)14-19-20-13(9-21-16(3,4)5)17-18-15(20)22-14/h6-8H,9H2,1-5H3. The van der Waals surface area contributed by atoms with Gasteiger partial charge in [-0.25, -0.2) is 0 Å². The number of nitrogens with zero attached hydrogens (tertiary/aromatic N) is 4. The largest absolute Gasteiger partial charge is 0.235 e. The van der Waals surface area contributed by atoms with Gasteiger partial charge in [-0.2, -0.15) is 9.61 Å². The number of rotatable bonds is 3. The van der Waals surface area contributed by atoms with Gasteiger partial charge in [-0.1, -0.05) is 49.3 Å². The number of aromatic nitrogens is 4. The number of aryl methyl sites for hydroxylation is 2. The van der Waals surface area contributed by atoms with Gasteiger partial charge in [0.25, 0.3) is 0 Å². The molecule has 0 aliphatic rings. The van der Waals surface area contributed by atoms with Crippen molar-refractivity contribution >= 4 is 28.1 Å². The van der Waals surface area contributed by atoms with Crippen molar-refractivity contribution in [2.75, 3.05) is 0 Å². The van der Waals surface area contributed by atoms with Crippen molar-refractivity contribution in [1.29, 1.82) is 0 Å². The first-order valence-corrected chi connectivity index (χ1v) is 9.06. The Morgan fingerprint density at radius 3 is 2.41 bits per heavy atom. The van der Waals surface area contributed by atoms with Crippen LogP contribution in [0.5, 0.6) is 0 Å². The average Bonchev–Trinajstić information content (AvgIpc) is 2.94. The Morgan fingerprint density at radius 2 is 1.77 bits per heavy atom. The van der Waals surface area contributed by atoms with Gasteiger partial charge in [0.2, 0.25) is 4.96 Å². The first-order chi connectivity index (χ1) is 10.3. The van der Waals surface area contributed by atoms with E-state index < -0.39 is 0 Å². The van der Waals surface area contributed by atoms with E-state index in [1.807, 2.05) is 16.3 Å². The normalized spacial score (nSPS) is 12.2. The van der Waals surface area contributed by atoms with E-state index in [0.717, 1.165) is 27.1 Å². The number of benzene rings is 1. The third-order valence-electron chi connectivity index (χ3n) is 3.16. The van der Waals surface area contributed by atoms with Gasteiger partial charge >= 0.3 is 0 Å². The monoisotopic (exact) mass is 332 g/mol. The molecule has 0 atom stereocenters. The topological polar surface area (TPSA) is 43.1 Å². The maximum absolute atomic E-state index is 4.72. The molecule has 0 aliphatic carbocycles. The zero-order valence-electron chi connectivity index (χ0n) is 13.5. The summed E-state index contributed by atoms with van der Waals surface area (Å²) in [5.41, 5.74) is 3.66. The molecule has 1 aromatic carbocycles. The molecule has 0 bridgehead atoms. The Bertz CT molecular complexity index is 791. The van der Waals surface area contributed by atoms with Crippen LogP contribution in [0.1, 0.15) is 37.7 Å². The first-order valence-electron chi connectivity index (χ1n) is 7.25. The van der Waals surface area contributed by atoms with Crippen molar-refractivity contribution in [3.63, 3.8) is 0 Å². The summed E-state index contributed by atoms with van der Waals surface area (Å²) in [4.78, 5) is 0.860. The molecular weight excluding hydrogens is 312 g/mol. The van der Waals surface area contributed by atoms with E-state index in [0.29, 0.717) is 0 Å². The van der Waals surface area contributed by atoms with Gasteiger partial charge in [0.05, 0.1) is 5.75 Å². The van der Waals surface area contributed by atoms with Crippen molar-refractivity contribution in [2.24, 2.45) is 0 Å². The molecule has 22 heavy (non-hydrogen) atoms. The highest BCUT2D eigenvalue weighted by Gasteiger charge is 2.17. The van der Waals surface area contributed by atoms with Crippen LogP contribution in [-0.4, -0.2) is 24.6 Å². The van der Waals surface area contributed by atoms with Crippen LogP contribution in [0.25, 0.3) is 15.5 Å². The summed E-state index contributed by atoms with van der Waals surface area (Å²) in [6.07, 6.45) is 0. The van der Waals surface area contributed by atoms with Crippen LogP contribution < -0.4 is 0 Å². The molecule has 0 unspecified atom stereocenters. The average molecular weight is 332 g/mol. The van der Waals surface area contributed by atoms with Crippen molar-refractivity contribution in [1.82, 2.24) is 19.8 Å². The summed E-state index contributed by atoms with van der Waals surface area (Å²) in [5.74, 6) is 1.74. The van der Waals surface area contributed by atoms with Crippen LogP contribution in [0, 0.1) is 13.8 Å². The maximum Gasteiger partial charge on any atom is 0.235 e. The van der Waals surface area contributed by atoms with E-state index in [1.165, 1.54) is 11.1 Å². The third-order valence-corrected chi connectivity index (χ3v) is 5.37. The molecule has 0 spiro atoms. The molecule has 3 aromatic rings. The fourth-order valence-corrected chi connectivity index (χ4v) is 3.83. The van der Waals surface area contributed by atoms with Crippen LogP contribution in [0.2, 0.25) is 0 Å². The summed E-state index contributed by atoms with van der Waals surface area (Å²) in [7, 11) is 0. The molecule has 4 nitrogen and oxygen atoms in total. The molecule has 0 N–H and O–H groups in total. The lowest BCUT2D eigenvalue weighted by Gasteiger charge is -2.16. The second-order valence-electron chi connectivity index (χ2n) is 6.50. The lowest BCUT2D eigenvalue weighted by atomic mass is 10.1. The highest BCUT2D eigenvalue weighted by molar-refractivity contribution is 7.99. The zero-order valence-corrected chi connectivity index (χ0v) is 15.2. The molecule has 2 heterocycles. The number of hydrogen-bond donors (Lipinski definition) is 0. The van der Waals surface area contributed by atoms with E-state index in [1.54, 1.807) is 11.3 Å². The lowest BCUT2D eigenvalue weighted by molar-refractivity contribution is 0.796. The van der Waals surface area contributed by atoms with Crippen LogP contribution >= 0.6 is 23.1 Å². The number of hydrogen-bond acceptors (Lipinski definition) is 5. The minimum Gasteiger partial charge on any atom is -0.186 e. The fraction of sp³-hybridized carbons (Fsp3) is 0.438. The molecule has 2 aromatic heterocycles. The predicted octanol–water partition coefficient (Wildman–Crippen LogP) is 4.50. The minimum atomic E-state index is 0.207. The van der Waals surface area contributed by atoms with Gasteiger partial charge in [-0.3, -0.25) is 0 Å². The van der Waals surface area contributed by atoms with Gasteiger partial charge in [0, 0.05) is 10.3 Å². The van der Waals surface area contributed by atoms with Crippen molar-refractivity contribution < 1.29 is 0 Å². The van der Waals surface area contributed by atoms with Gasteiger partial charge in [-0.15, -0.1) is 22.0 Å². The molecular formula is C16H20N4S2. The summed E-state index contributed by atoms with van der Waals surface area (Å²) in [6, 6.07) is 6.51. The molecule has 0 saturated heterocycles. The van der Waals surface area contributed by atoms with Gasteiger partial charge < -0.3 is 0 Å². The highest BCUT2D eigenvalue weighted by atomic mass is 32.2. The van der Waals surface area contributed by atoms with E-state index in [4.69, 9.17) is 5.10 Å². The fourth-order valence-electron chi connectivity index (χ4n) is 2.24. The summed E-state index contributed by atoms with van der Waals surface area (Å²) in [5, 5.41) is 14.3. The van der Waals surface area contributed by atoms with E-state index in [9.17, 15) is 0 Å². The van der Waals surface area contributed by atoms with Gasteiger partial charge in [0.1, 0.15) is 5.01 Å². The molecule has 0 amide bonds. The first kappa shape index (κ1) is 15.5. The van der Waals surface area contributed by atoms with Crippen LogP contribution in [0.15, 0.2) is 18.2 Å². The van der Waals surface area contributed by atoms with Crippen molar-refractivity contribution in [3.8, 4) is 10.6 Å². The summed E-state index contributed by atoms with van der Waals surface area (Å²) in [6.45, 7) is 10.8. The van der Waals surface area contributed by atoms with Crippen LogP contribution in [-0.2, 0) is 5.75 Å². The number of fused-ring (bicyclic) bond motifs is 1. The molecule has 6 heteroatoms. The lowest BCUT2D eigenvalue weighted by Crippen LogP contribution is -2.08. The number of thioether (sulfide) groups is 1. The van der Waals surface area contributed by atoms with E-state index in [2.05, 4.69) is 63.0 Å². The summed E-state index contributed by atoms with van der Waals surface area (Å²) >= 11 is 3.45. The van der Waals surface area contributed by atoms with Crippen molar-refractivity contribution in [2.45, 2.75) is 45.1 Å². The van der Waals surface area contributed by atoms with E-state index >= 15 is 0 Å². The molecule has 3 rings (SSSR count). The Balaban J connectivity index is 1.95. The minimum absolute atomic E-state index is 0.207. The van der Waals surface area contributed by atoms with Crippen LogP contribution in [0.3, 0.4) is 0 Å². The summed E-state index contributed by atoms with van der Waals surface area (Å²) < 4.78 is 2.09. The van der Waals surface area contributed by atoms with Crippen LogP contribution in [0.4, 0.5) is 0 Å². The molecule has 0 radical (unpaired) electrons. The second-order valence-corrected chi connectivity index (χ2v) is 9.25. The Labute approximate surface area is 139 Å². The molecule has 0 saturated carbocycles. The van der Waals surface area contributed by atoms with Crippen molar-refractivity contribution in [3.05, 3.63) is 35.2 Å². The quantitative estimate of drug-likeness (QED) is 0.708. The highest BCUT2D eigenvalue weighted by Crippen LogP contribution is 2.30. The SMILES string of the molecule is Cc1cc(C)cc(-c2nn3c(CSC(C)(C)C)nnc3s2)c1. The van der Waals surface area contributed by atoms with Gasteiger partial charge in [-0.05, 0) is 26.0 Å². The molecule has 116 valence electrons. The Kier molecular flexibility index (Phi) is 3.99. The zero-order chi connectivity index (χ0) is 15.9. The molecule has 0 aliphatic heterocycles.